The van der Waals surface area contributed by atoms with Crippen LogP contribution < -0.4 is 10.3 Å². The maximum atomic E-state index is 13.0. The summed E-state index contributed by atoms with van der Waals surface area (Å²) in [4.78, 5) is 29.9. The molecule has 7 heteroatoms. The van der Waals surface area contributed by atoms with Crippen LogP contribution in [-0.2, 0) is 9.53 Å². The van der Waals surface area contributed by atoms with Gasteiger partial charge in [0.25, 0.3) is 5.56 Å². The van der Waals surface area contributed by atoms with Gasteiger partial charge in [-0.15, -0.1) is 11.3 Å². The second kappa shape index (κ2) is 7.06. The lowest BCUT2D eigenvalue weighted by Crippen LogP contribution is -2.29. The summed E-state index contributed by atoms with van der Waals surface area (Å²) in [6.07, 6.45) is 1.40. The van der Waals surface area contributed by atoms with Gasteiger partial charge in [-0.25, -0.2) is 9.78 Å². The molecule has 130 valence electrons. The van der Waals surface area contributed by atoms with Crippen molar-refractivity contribution in [1.29, 1.82) is 0 Å². The smallest absolute Gasteiger partial charge is 0.328 e. The van der Waals surface area contributed by atoms with Gasteiger partial charge in [-0.2, -0.15) is 0 Å². The fraction of sp³-hybridized carbons (Fsp3) is 0.278. The van der Waals surface area contributed by atoms with Gasteiger partial charge in [0.05, 0.1) is 25.4 Å². The Hall–Kier alpha value is -2.67. The third-order valence-electron chi connectivity index (χ3n) is 3.97. The number of rotatable bonds is 5. The van der Waals surface area contributed by atoms with Gasteiger partial charge in [0.1, 0.15) is 16.6 Å². The predicted molar refractivity (Wildman–Crippen MR) is 97.2 cm³/mol. The Morgan fingerprint density at radius 3 is 2.68 bits per heavy atom. The quantitative estimate of drug-likeness (QED) is 0.655. The number of methoxy groups -OCH3 is 1. The van der Waals surface area contributed by atoms with Crippen molar-refractivity contribution in [3.63, 3.8) is 0 Å². The van der Waals surface area contributed by atoms with Crippen LogP contribution in [0.3, 0.4) is 0 Å². The average Bonchev–Trinajstić information content (AvgIpc) is 3.07. The summed E-state index contributed by atoms with van der Waals surface area (Å²) in [6, 6.07) is 6.75. The first kappa shape index (κ1) is 17.2. The largest absolute Gasteiger partial charge is 0.497 e. The van der Waals surface area contributed by atoms with Crippen molar-refractivity contribution in [3.8, 4) is 16.9 Å². The van der Waals surface area contributed by atoms with E-state index in [1.807, 2.05) is 29.6 Å². The third-order valence-corrected chi connectivity index (χ3v) is 4.85. The van der Waals surface area contributed by atoms with Crippen LogP contribution in [0.25, 0.3) is 21.3 Å². The van der Waals surface area contributed by atoms with Gasteiger partial charge in [0, 0.05) is 10.9 Å². The molecule has 0 N–H and O–H groups in total. The zero-order valence-corrected chi connectivity index (χ0v) is 15.0. The molecular weight excluding hydrogens is 340 g/mol. The Bertz CT molecular complexity index is 959. The predicted octanol–water partition coefficient (Wildman–Crippen LogP) is 3.26. The molecule has 6 nitrogen and oxygen atoms in total. The number of aromatic nitrogens is 2. The first-order valence-electron chi connectivity index (χ1n) is 7.86. The van der Waals surface area contributed by atoms with E-state index < -0.39 is 12.0 Å². The van der Waals surface area contributed by atoms with E-state index in [0.717, 1.165) is 16.9 Å². The highest BCUT2D eigenvalue weighted by Crippen LogP contribution is 2.31. The molecule has 2 aromatic heterocycles. The van der Waals surface area contributed by atoms with Crippen molar-refractivity contribution in [1.82, 2.24) is 9.55 Å². The molecule has 0 spiro atoms. The van der Waals surface area contributed by atoms with Gasteiger partial charge in [-0.05, 0) is 31.5 Å². The summed E-state index contributed by atoms with van der Waals surface area (Å²) in [7, 11) is 1.61. The van der Waals surface area contributed by atoms with Gasteiger partial charge >= 0.3 is 5.97 Å². The second-order valence-electron chi connectivity index (χ2n) is 5.44. The molecule has 0 aliphatic rings. The molecule has 0 amide bonds. The van der Waals surface area contributed by atoms with Crippen molar-refractivity contribution in [2.45, 2.75) is 19.9 Å². The van der Waals surface area contributed by atoms with Crippen LogP contribution >= 0.6 is 11.3 Å². The maximum Gasteiger partial charge on any atom is 0.328 e. The van der Waals surface area contributed by atoms with Crippen LogP contribution in [0.1, 0.15) is 19.9 Å². The normalized spacial score (nSPS) is 12.1. The molecule has 0 radical (unpaired) electrons. The molecule has 2 heterocycles. The average molecular weight is 358 g/mol. The van der Waals surface area contributed by atoms with E-state index in [4.69, 9.17) is 9.47 Å². The van der Waals surface area contributed by atoms with Crippen molar-refractivity contribution < 1.29 is 14.3 Å². The third kappa shape index (κ3) is 3.15. The Morgan fingerprint density at radius 2 is 2.04 bits per heavy atom. The molecule has 1 aromatic carbocycles. The molecule has 1 atom stereocenters. The lowest BCUT2D eigenvalue weighted by molar-refractivity contribution is -0.146. The number of hydrogen-bond acceptors (Lipinski definition) is 6. The van der Waals surface area contributed by atoms with Crippen molar-refractivity contribution in [2.75, 3.05) is 13.7 Å². The SMILES string of the molecule is CCOC(=O)[C@@H](C)n1cnc2scc(-c3ccc(OC)cc3)c2c1=O. The highest BCUT2D eigenvalue weighted by atomic mass is 32.1. The van der Waals surface area contributed by atoms with E-state index in [2.05, 4.69) is 4.98 Å². The van der Waals surface area contributed by atoms with E-state index in [-0.39, 0.29) is 12.2 Å². The second-order valence-corrected chi connectivity index (χ2v) is 6.30. The first-order chi connectivity index (χ1) is 12.1. The number of ether oxygens (including phenoxy) is 2. The van der Waals surface area contributed by atoms with Crippen molar-refractivity contribution in [2.24, 2.45) is 0 Å². The standard InChI is InChI=1S/C18H18N2O4S/c1-4-24-18(22)11(2)20-10-19-16-15(17(20)21)14(9-25-16)12-5-7-13(23-3)8-6-12/h5-11H,4H2,1-3H3/t11-/m1/s1. The number of hydrogen-bond donors (Lipinski definition) is 0. The fourth-order valence-electron chi connectivity index (χ4n) is 2.58. The van der Waals surface area contributed by atoms with Crippen molar-refractivity contribution >= 4 is 27.5 Å². The Kier molecular flexibility index (Phi) is 4.85. The topological polar surface area (TPSA) is 70.4 Å². The first-order valence-corrected chi connectivity index (χ1v) is 8.74. The summed E-state index contributed by atoms with van der Waals surface area (Å²) < 4.78 is 11.5. The molecule has 0 aliphatic heterocycles. The van der Waals surface area contributed by atoms with E-state index in [9.17, 15) is 9.59 Å². The number of benzene rings is 1. The molecule has 0 bridgehead atoms. The lowest BCUT2D eigenvalue weighted by atomic mass is 10.1. The van der Waals surface area contributed by atoms with Crippen LogP contribution in [-0.4, -0.2) is 29.2 Å². The molecule has 25 heavy (non-hydrogen) atoms. The number of fused-ring (bicyclic) bond motifs is 1. The van der Waals surface area contributed by atoms with Gasteiger partial charge in [-0.3, -0.25) is 9.36 Å². The Morgan fingerprint density at radius 1 is 1.32 bits per heavy atom. The van der Waals surface area contributed by atoms with Gasteiger partial charge in [0.15, 0.2) is 0 Å². The van der Waals surface area contributed by atoms with Crippen LogP contribution in [0.15, 0.2) is 40.8 Å². The monoisotopic (exact) mass is 358 g/mol. The summed E-state index contributed by atoms with van der Waals surface area (Å²) in [5, 5.41) is 2.41. The number of esters is 1. The molecule has 0 fully saturated rings. The maximum absolute atomic E-state index is 13.0. The number of carbonyl (C=O) groups excluding carboxylic acids is 1. The molecule has 0 aliphatic carbocycles. The minimum absolute atomic E-state index is 0.252. The summed E-state index contributed by atoms with van der Waals surface area (Å²) >= 11 is 1.40. The molecule has 0 unspecified atom stereocenters. The number of thiophene rings is 1. The summed E-state index contributed by atoms with van der Waals surface area (Å²) in [6.45, 7) is 3.63. The minimum atomic E-state index is -0.729. The highest BCUT2D eigenvalue weighted by molar-refractivity contribution is 7.17. The molecule has 3 rings (SSSR count). The Balaban J connectivity index is 2.11. The zero-order chi connectivity index (χ0) is 18.0. The number of nitrogens with zero attached hydrogens (tertiary/aromatic N) is 2. The fourth-order valence-corrected chi connectivity index (χ4v) is 3.49. The highest BCUT2D eigenvalue weighted by Gasteiger charge is 2.21. The molecule has 0 saturated heterocycles. The molecule has 0 saturated carbocycles. The van der Waals surface area contributed by atoms with E-state index in [1.54, 1.807) is 21.0 Å². The van der Waals surface area contributed by atoms with E-state index >= 15 is 0 Å². The Labute approximate surface area is 148 Å². The summed E-state index contributed by atoms with van der Waals surface area (Å²) in [5.41, 5.74) is 1.44. The zero-order valence-electron chi connectivity index (χ0n) is 14.2. The van der Waals surface area contributed by atoms with Gasteiger partial charge in [0.2, 0.25) is 0 Å². The van der Waals surface area contributed by atoms with Crippen LogP contribution in [0, 0.1) is 0 Å². The lowest BCUT2D eigenvalue weighted by Gasteiger charge is -2.13. The number of carbonyl (C=O) groups is 1. The van der Waals surface area contributed by atoms with Gasteiger partial charge < -0.3 is 9.47 Å². The minimum Gasteiger partial charge on any atom is -0.497 e. The van der Waals surface area contributed by atoms with Crippen LogP contribution in [0.2, 0.25) is 0 Å². The molecular formula is C18H18N2O4S. The van der Waals surface area contributed by atoms with Crippen molar-refractivity contribution in [3.05, 3.63) is 46.3 Å². The molecule has 3 aromatic rings. The van der Waals surface area contributed by atoms with E-state index in [0.29, 0.717) is 10.2 Å². The summed E-state index contributed by atoms with van der Waals surface area (Å²) in [5.74, 6) is 0.293. The van der Waals surface area contributed by atoms with Crippen LogP contribution in [0.5, 0.6) is 5.75 Å². The van der Waals surface area contributed by atoms with Gasteiger partial charge in [-0.1, -0.05) is 12.1 Å². The van der Waals surface area contributed by atoms with E-state index in [1.165, 1.54) is 22.2 Å². The van der Waals surface area contributed by atoms with Crippen LogP contribution in [0.4, 0.5) is 0 Å².